The maximum Gasteiger partial charge on any atom is 0.255 e. The molecule has 132 valence electrons. The summed E-state index contributed by atoms with van der Waals surface area (Å²) in [5.41, 5.74) is 0.985. The molecule has 1 aromatic carbocycles. The molecule has 0 atom stereocenters. The van der Waals surface area contributed by atoms with Crippen molar-refractivity contribution in [3.63, 3.8) is 0 Å². The van der Waals surface area contributed by atoms with E-state index in [2.05, 4.69) is 9.88 Å². The van der Waals surface area contributed by atoms with Gasteiger partial charge in [0.1, 0.15) is 0 Å². The third kappa shape index (κ3) is 4.30. The van der Waals surface area contributed by atoms with Crippen molar-refractivity contribution in [2.45, 2.75) is 6.42 Å². The first-order valence-corrected chi connectivity index (χ1v) is 8.17. The first kappa shape index (κ1) is 17.3. The van der Waals surface area contributed by atoms with Gasteiger partial charge in [0.05, 0.1) is 5.56 Å². The number of pyridine rings is 1. The molecular weight excluding hydrogens is 328 g/mol. The second-order valence-electron chi connectivity index (χ2n) is 6.07. The van der Waals surface area contributed by atoms with Crippen LogP contribution in [0.4, 0.5) is 8.78 Å². The van der Waals surface area contributed by atoms with E-state index < -0.39 is 11.6 Å². The Hall–Kier alpha value is -2.54. The molecule has 2 heterocycles. The molecular formula is C18H19F2N3O2. The highest BCUT2D eigenvalue weighted by Gasteiger charge is 2.22. The van der Waals surface area contributed by atoms with Crippen molar-refractivity contribution in [2.75, 3.05) is 32.7 Å². The van der Waals surface area contributed by atoms with Crippen LogP contribution in [0.15, 0.2) is 41.3 Å². The fourth-order valence-corrected chi connectivity index (χ4v) is 2.88. The van der Waals surface area contributed by atoms with Gasteiger partial charge in [-0.25, -0.2) is 8.78 Å². The van der Waals surface area contributed by atoms with Crippen LogP contribution in [0.25, 0.3) is 0 Å². The minimum atomic E-state index is -0.835. The van der Waals surface area contributed by atoms with Crippen molar-refractivity contribution < 1.29 is 13.6 Å². The quantitative estimate of drug-likeness (QED) is 0.915. The van der Waals surface area contributed by atoms with Gasteiger partial charge >= 0.3 is 0 Å². The van der Waals surface area contributed by atoms with Gasteiger partial charge in [-0.2, -0.15) is 0 Å². The van der Waals surface area contributed by atoms with E-state index in [1.54, 1.807) is 11.0 Å². The Bertz CT molecular complexity index is 794. The Morgan fingerprint density at radius 3 is 2.44 bits per heavy atom. The molecule has 7 heteroatoms. The van der Waals surface area contributed by atoms with Crippen LogP contribution in [0.1, 0.15) is 15.9 Å². The lowest BCUT2D eigenvalue weighted by Gasteiger charge is -2.34. The van der Waals surface area contributed by atoms with Crippen LogP contribution in [-0.2, 0) is 6.42 Å². The van der Waals surface area contributed by atoms with Gasteiger partial charge in [0.2, 0.25) is 5.56 Å². The normalized spacial score (nSPS) is 15.4. The van der Waals surface area contributed by atoms with E-state index in [4.69, 9.17) is 0 Å². The lowest BCUT2D eigenvalue weighted by atomic mass is 10.1. The summed E-state index contributed by atoms with van der Waals surface area (Å²) in [4.78, 5) is 29.9. The molecule has 1 aliphatic rings. The Morgan fingerprint density at radius 2 is 1.80 bits per heavy atom. The van der Waals surface area contributed by atoms with E-state index >= 15 is 0 Å². The number of hydrogen-bond acceptors (Lipinski definition) is 3. The monoisotopic (exact) mass is 347 g/mol. The first-order chi connectivity index (χ1) is 12.0. The number of nitrogens with one attached hydrogen (secondary N) is 1. The summed E-state index contributed by atoms with van der Waals surface area (Å²) >= 11 is 0. The summed E-state index contributed by atoms with van der Waals surface area (Å²) in [5.74, 6) is -1.76. The van der Waals surface area contributed by atoms with Gasteiger partial charge in [0.25, 0.3) is 5.91 Å². The van der Waals surface area contributed by atoms with Crippen LogP contribution in [0, 0.1) is 11.6 Å². The Labute approximate surface area is 143 Å². The number of aromatic nitrogens is 1. The summed E-state index contributed by atoms with van der Waals surface area (Å²) < 4.78 is 26.1. The van der Waals surface area contributed by atoms with Crippen molar-refractivity contribution in [1.82, 2.24) is 14.8 Å². The van der Waals surface area contributed by atoms with E-state index in [1.165, 1.54) is 24.4 Å². The Kier molecular flexibility index (Phi) is 5.23. The number of halogens is 2. The molecule has 1 amide bonds. The van der Waals surface area contributed by atoms with Gasteiger partial charge in [-0.05, 0) is 30.2 Å². The average molecular weight is 347 g/mol. The number of benzene rings is 1. The van der Waals surface area contributed by atoms with Crippen molar-refractivity contribution in [1.29, 1.82) is 0 Å². The van der Waals surface area contributed by atoms with Crippen LogP contribution in [0.2, 0.25) is 0 Å². The molecule has 0 saturated carbocycles. The highest BCUT2D eigenvalue weighted by molar-refractivity contribution is 5.93. The number of H-pyrrole nitrogens is 1. The lowest BCUT2D eigenvalue weighted by Crippen LogP contribution is -2.49. The second kappa shape index (κ2) is 7.57. The fourth-order valence-electron chi connectivity index (χ4n) is 2.88. The smallest absolute Gasteiger partial charge is 0.255 e. The molecule has 5 nitrogen and oxygen atoms in total. The average Bonchev–Trinajstić information content (AvgIpc) is 2.63. The molecule has 2 aromatic rings. The van der Waals surface area contributed by atoms with E-state index in [-0.39, 0.29) is 11.5 Å². The van der Waals surface area contributed by atoms with E-state index in [0.717, 1.165) is 31.3 Å². The van der Waals surface area contributed by atoms with Crippen molar-refractivity contribution in [3.8, 4) is 0 Å². The predicted molar refractivity (Wildman–Crippen MR) is 89.5 cm³/mol. The summed E-state index contributed by atoms with van der Waals surface area (Å²) in [6.07, 6.45) is 2.06. The van der Waals surface area contributed by atoms with Crippen LogP contribution < -0.4 is 5.56 Å². The molecule has 0 spiro atoms. The van der Waals surface area contributed by atoms with Crippen LogP contribution in [0.5, 0.6) is 0 Å². The van der Waals surface area contributed by atoms with Crippen LogP contribution in [0.3, 0.4) is 0 Å². The second-order valence-corrected chi connectivity index (χ2v) is 6.07. The molecule has 1 N–H and O–H groups in total. The lowest BCUT2D eigenvalue weighted by molar-refractivity contribution is 0.0638. The topological polar surface area (TPSA) is 56.4 Å². The van der Waals surface area contributed by atoms with E-state index in [0.29, 0.717) is 25.1 Å². The zero-order valence-corrected chi connectivity index (χ0v) is 13.7. The SMILES string of the molecule is O=C(c1ccc(=O)[nH]c1)N1CCN(CCc2ccc(F)c(F)c2)CC1. The molecule has 1 fully saturated rings. The summed E-state index contributed by atoms with van der Waals surface area (Å²) in [6.45, 7) is 3.36. The summed E-state index contributed by atoms with van der Waals surface area (Å²) in [6, 6.07) is 6.83. The summed E-state index contributed by atoms with van der Waals surface area (Å²) in [7, 11) is 0. The fraction of sp³-hybridized carbons (Fsp3) is 0.333. The number of aromatic amines is 1. The number of carbonyl (C=O) groups is 1. The van der Waals surface area contributed by atoms with Crippen molar-refractivity contribution >= 4 is 5.91 Å². The zero-order chi connectivity index (χ0) is 17.8. The molecule has 3 rings (SSSR count). The number of rotatable bonds is 4. The van der Waals surface area contributed by atoms with Gasteiger partial charge in [-0.15, -0.1) is 0 Å². The third-order valence-corrected chi connectivity index (χ3v) is 4.39. The molecule has 0 bridgehead atoms. The minimum Gasteiger partial charge on any atom is -0.336 e. The summed E-state index contributed by atoms with van der Waals surface area (Å²) in [5, 5.41) is 0. The Morgan fingerprint density at radius 1 is 1.04 bits per heavy atom. The molecule has 1 saturated heterocycles. The number of hydrogen-bond donors (Lipinski definition) is 1. The molecule has 25 heavy (non-hydrogen) atoms. The molecule has 1 aromatic heterocycles. The van der Waals surface area contributed by atoms with Gasteiger partial charge in [0, 0.05) is 45.0 Å². The van der Waals surface area contributed by atoms with Gasteiger partial charge in [-0.1, -0.05) is 6.07 Å². The van der Waals surface area contributed by atoms with Gasteiger partial charge in [0.15, 0.2) is 11.6 Å². The number of nitrogens with zero attached hydrogens (tertiary/aromatic N) is 2. The number of carbonyl (C=O) groups excluding carboxylic acids is 1. The first-order valence-electron chi connectivity index (χ1n) is 8.17. The van der Waals surface area contributed by atoms with Gasteiger partial charge in [-0.3, -0.25) is 14.5 Å². The zero-order valence-electron chi connectivity index (χ0n) is 13.7. The standard InChI is InChI=1S/C18H19F2N3O2/c19-15-3-1-13(11-16(15)20)5-6-22-7-9-23(10-8-22)18(25)14-2-4-17(24)21-12-14/h1-4,11-12H,5-10H2,(H,21,24). The molecule has 0 unspecified atom stereocenters. The molecule has 1 aliphatic heterocycles. The maximum absolute atomic E-state index is 13.2. The van der Waals surface area contributed by atoms with Crippen LogP contribution in [-0.4, -0.2) is 53.4 Å². The number of piperazine rings is 1. The highest BCUT2D eigenvalue weighted by Crippen LogP contribution is 2.11. The Balaban J connectivity index is 1.49. The highest BCUT2D eigenvalue weighted by atomic mass is 19.2. The largest absolute Gasteiger partial charge is 0.336 e. The van der Waals surface area contributed by atoms with E-state index in [9.17, 15) is 18.4 Å². The molecule has 0 radical (unpaired) electrons. The predicted octanol–water partition coefficient (Wildman–Crippen LogP) is 1.65. The third-order valence-electron chi connectivity index (χ3n) is 4.39. The minimum absolute atomic E-state index is 0.100. The van der Waals surface area contributed by atoms with Crippen molar-refractivity contribution in [3.05, 3.63) is 69.6 Å². The maximum atomic E-state index is 13.2. The van der Waals surface area contributed by atoms with Crippen molar-refractivity contribution in [2.24, 2.45) is 0 Å². The number of amides is 1. The van der Waals surface area contributed by atoms with Crippen LogP contribution >= 0.6 is 0 Å². The van der Waals surface area contributed by atoms with Gasteiger partial charge < -0.3 is 9.88 Å². The molecule has 0 aliphatic carbocycles. The van der Waals surface area contributed by atoms with E-state index in [1.807, 2.05) is 0 Å².